The zero-order valence-corrected chi connectivity index (χ0v) is 16.8. The fourth-order valence-electron chi connectivity index (χ4n) is 3.93. The summed E-state index contributed by atoms with van der Waals surface area (Å²) in [6.07, 6.45) is 1.53. The molecule has 3 aromatic rings. The number of anilines is 1. The maximum Gasteiger partial charge on any atom is 0.331 e. The lowest BCUT2D eigenvalue weighted by Crippen LogP contribution is -2.43. The minimum Gasteiger partial charge on any atom is -0.310 e. The van der Waals surface area contributed by atoms with Crippen LogP contribution in [0.25, 0.3) is 10.9 Å². The largest absolute Gasteiger partial charge is 0.331 e. The third-order valence-electron chi connectivity index (χ3n) is 5.54. The van der Waals surface area contributed by atoms with E-state index in [1.54, 1.807) is 29.2 Å². The fraction of sp³-hybridized carbons (Fsp3) is 0.348. The van der Waals surface area contributed by atoms with Gasteiger partial charge in [-0.25, -0.2) is 4.79 Å². The van der Waals surface area contributed by atoms with Crippen molar-refractivity contribution in [3.63, 3.8) is 0 Å². The zero-order valence-electron chi connectivity index (χ0n) is 16.8. The van der Waals surface area contributed by atoms with Gasteiger partial charge in [0, 0.05) is 18.8 Å². The predicted molar refractivity (Wildman–Crippen MR) is 114 cm³/mol. The Morgan fingerprint density at radius 2 is 1.72 bits per heavy atom. The molecule has 0 unspecified atom stereocenters. The van der Waals surface area contributed by atoms with Crippen LogP contribution >= 0.6 is 0 Å². The summed E-state index contributed by atoms with van der Waals surface area (Å²) in [4.78, 5) is 40.9. The summed E-state index contributed by atoms with van der Waals surface area (Å²) in [5, 5.41) is 0.463. The van der Waals surface area contributed by atoms with Gasteiger partial charge in [-0.3, -0.25) is 18.7 Å². The molecule has 1 aromatic heterocycles. The van der Waals surface area contributed by atoms with Crippen LogP contribution in [0.5, 0.6) is 0 Å². The lowest BCUT2D eigenvalue weighted by atomic mass is 10.1. The van der Waals surface area contributed by atoms with Crippen LogP contribution in [0.15, 0.2) is 58.1 Å². The molecule has 1 amide bonds. The van der Waals surface area contributed by atoms with Crippen molar-refractivity contribution in [2.24, 2.45) is 5.92 Å². The maximum absolute atomic E-state index is 13.2. The van der Waals surface area contributed by atoms with Gasteiger partial charge in [0.15, 0.2) is 0 Å². The monoisotopic (exact) mass is 391 g/mol. The normalized spacial score (nSPS) is 13.3. The first-order valence-corrected chi connectivity index (χ1v) is 10.1. The number of carbonyl (C=O) groups is 1. The number of hydrogen-bond acceptors (Lipinski definition) is 3. The predicted octanol–water partition coefficient (Wildman–Crippen LogP) is 2.80. The Kier molecular flexibility index (Phi) is 5.09. The second-order valence-electron chi connectivity index (χ2n) is 7.95. The summed E-state index contributed by atoms with van der Waals surface area (Å²) in [7, 11) is 0. The molecule has 150 valence electrons. The van der Waals surface area contributed by atoms with Gasteiger partial charge in [0.2, 0.25) is 5.91 Å². The lowest BCUT2D eigenvalue weighted by molar-refractivity contribution is -0.119. The topological polar surface area (TPSA) is 64.3 Å². The van der Waals surface area contributed by atoms with E-state index in [-0.39, 0.29) is 18.0 Å². The molecular weight excluding hydrogens is 366 g/mol. The van der Waals surface area contributed by atoms with Gasteiger partial charge in [0.1, 0.15) is 6.54 Å². The van der Waals surface area contributed by atoms with Crippen LogP contribution < -0.4 is 16.1 Å². The summed E-state index contributed by atoms with van der Waals surface area (Å²) in [6.45, 7) is 4.98. The van der Waals surface area contributed by atoms with Gasteiger partial charge in [-0.05, 0) is 42.5 Å². The van der Waals surface area contributed by atoms with Gasteiger partial charge in [-0.15, -0.1) is 0 Å². The molecule has 29 heavy (non-hydrogen) atoms. The molecule has 4 rings (SSSR count). The van der Waals surface area contributed by atoms with E-state index in [9.17, 15) is 14.4 Å². The molecule has 2 heterocycles. The van der Waals surface area contributed by atoms with E-state index in [2.05, 4.69) is 13.8 Å². The van der Waals surface area contributed by atoms with Crippen LogP contribution in [0.4, 0.5) is 5.69 Å². The highest BCUT2D eigenvalue weighted by atomic mass is 16.2. The smallest absolute Gasteiger partial charge is 0.310 e. The lowest BCUT2D eigenvalue weighted by Gasteiger charge is -2.20. The van der Waals surface area contributed by atoms with Gasteiger partial charge in [-0.1, -0.05) is 44.2 Å². The van der Waals surface area contributed by atoms with Crippen LogP contribution in [-0.2, 0) is 24.3 Å². The van der Waals surface area contributed by atoms with E-state index < -0.39 is 5.69 Å². The third-order valence-corrected chi connectivity index (χ3v) is 5.54. The number of fused-ring (bicyclic) bond motifs is 2. The molecular formula is C23H25N3O3. The van der Waals surface area contributed by atoms with Gasteiger partial charge >= 0.3 is 5.69 Å². The molecule has 0 radical (unpaired) electrons. The molecule has 2 aromatic carbocycles. The van der Waals surface area contributed by atoms with E-state index in [1.807, 2.05) is 24.3 Å². The van der Waals surface area contributed by atoms with Crippen molar-refractivity contribution in [3.8, 4) is 0 Å². The van der Waals surface area contributed by atoms with E-state index in [4.69, 9.17) is 0 Å². The first-order chi connectivity index (χ1) is 14.0. The first-order valence-electron chi connectivity index (χ1n) is 10.1. The van der Waals surface area contributed by atoms with Crippen LogP contribution in [0.1, 0.15) is 25.8 Å². The van der Waals surface area contributed by atoms with Crippen molar-refractivity contribution in [1.29, 1.82) is 0 Å². The van der Waals surface area contributed by atoms with Crippen molar-refractivity contribution in [2.75, 3.05) is 11.4 Å². The molecule has 0 saturated heterocycles. The van der Waals surface area contributed by atoms with Crippen molar-refractivity contribution in [3.05, 3.63) is 74.9 Å². The summed E-state index contributed by atoms with van der Waals surface area (Å²) >= 11 is 0. The standard InChI is InChI=1S/C23H25N3O3/c1-16(2)11-13-25-22(28)18-8-4-6-10-20(18)26(23(25)29)15-21(27)24-14-12-17-7-3-5-9-19(17)24/h3-10,16H,11-15H2,1-2H3. The van der Waals surface area contributed by atoms with Crippen molar-refractivity contribution in [2.45, 2.75) is 39.8 Å². The molecule has 0 N–H and O–H groups in total. The average molecular weight is 391 g/mol. The minimum atomic E-state index is -0.421. The van der Waals surface area contributed by atoms with Crippen LogP contribution in [0.2, 0.25) is 0 Å². The number of para-hydroxylation sites is 2. The van der Waals surface area contributed by atoms with Gasteiger partial charge in [0.25, 0.3) is 5.56 Å². The third kappa shape index (κ3) is 3.50. The first kappa shape index (κ1) is 19.2. The summed E-state index contributed by atoms with van der Waals surface area (Å²) in [5.74, 6) is 0.222. The Bertz CT molecular complexity index is 1190. The molecule has 0 fully saturated rings. The number of nitrogens with zero attached hydrogens (tertiary/aromatic N) is 3. The number of aromatic nitrogens is 2. The highest BCUT2D eigenvalue weighted by Crippen LogP contribution is 2.27. The Labute approximate surface area is 169 Å². The zero-order chi connectivity index (χ0) is 20.5. The molecule has 0 atom stereocenters. The average Bonchev–Trinajstić information content (AvgIpc) is 3.15. The number of hydrogen-bond donors (Lipinski definition) is 0. The van der Waals surface area contributed by atoms with Gasteiger partial charge in [-0.2, -0.15) is 0 Å². The Balaban J connectivity index is 1.76. The highest BCUT2D eigenvalue weighted by molar-refractivity contribution is 5.96. The van der Waals surface area contributed by atoms with Crippen LogP contribution in [-0.4, -0.2) is 21.6 Å². The van der Waals surface area contributed by atoms with Crippen LogP contribution in [0, 0.1) is 5.92 Å². The molecule has 0 spiro atoms. The van der Waals surface area contributed by atoms with E-state index in [0.717, 1.165) is 24.1 Å². The highest BCUT2D eigenvalue weighted by Gasteiger charge is 2.25. The molecule has 0 bridgehead atoms. The Morgan fingerprint density at radius 3 is 2.52 bits per heavy atom. The van der Waals surface area contributed by atoms with E-state index in [1.165, 1.54) is 9.13 Å². The van der Waals surface area contributed by atoms with Crippen molar-refractivity contribution in [1.82, 2.24) is 9.13 Å². The summed E-state index contributed by atoms with van der Waals surface area (Å²) in [6, 6.07) is 14.9. The Hall–Kier alpha value is -3.15. The van der Waals surface area contributed by atoms with Crippen molar-refractivity contribution >= 4 is 22.5 Å². The van der Waals surface area contributed by atoms with Crippen LogP contribution in [0.3, 0.4) is 0 Å². The molecule has 0 aliphatic carbocycles. The Morgan fingerprint density at radius 1 is 1.00 bits per heavy atom. The fourth-order valence-corrected chi connectivity index (χ4v) is 3.93. The molecule has 6 heteroatoms. The molecule has 1 aliphatic heterocycles. The summed E-state index contributed by atoms with van der Waals surface area (Å²) in [5.41, 5.74) is 1.84. The molecule has 1 aliphatic rings. The maximum atomic E-state index is 13.2. The number of carbonyl (C=O) groups excluding carboxylic acids is 1. The second-order valence-corrected chi connectivity index (χ2v) is 7.95. The van der Waals surface area contributed by atoms with Gasteiger partial charge in [0.05, 0.1) is 10.9 Å². The minimum absolute atomic E-state index is 0.0877. The number of rotatable bonds is 5. The van der Waals surface area contributed by atoms with Gasteiger partial charge < -0.3 is 4.90 Å². The second kappa shape index (κ2) is 7.70. The SMILES string of the molecule is CC(C)CCn1c(=O)c2ccccc2n(CC(=O)N2CCc3ccccc32)c1=O. The molecule has 6 nitrogen and oxygen atoms in total. The molecule has 0 saturated carbocycles. The van der Waals surface area contributed by atoms with E-state index in [0.29, 0.717) is 29.9 Å². The number of amides is 1. The quantitative estimate of drug-likeness (QED) is 0.672. The van der Waals surface area contributed by atoms with E-state index >= 15 is 0 Å². The van der Waals surface area contributed by atoms with Crippen molar-refractivity contribution < 1.29 is 4.79 Å². The summed E-state index contributed by atoms with van der Waals surface area (Å²) < 4.78 is 2.72. The number of benzene rings is 2.